The largest absolute Gasteiger partial charge is 0.465 e. The van der Waals surface area contributed by atoms with Crippen LogP contribution < -0.4 is 0 Å². The van der Waals surface area contributed by atoms with Gasteiger partial charge in [0.1, 0.15) is 16.4 Å². The van der Waals surface area contributed by atoms with Gasteiger partial charge in [-0.2, -0.15) is 0 Å². The summed E-state index contributed by atoms with van der Waals surface area (Å²) in [5.74, 6) is -0.553. The number of H-pyrrole nitrogens is 1. The number of pyridine rings is 1. The van der Waals surface area contributed by atoms with Crippen LogP contribution in [-0.4, -0.2) is 28.0 Å². The number of carbonyl (C=O) groups excluding carboxylic acids is 1. The van der Waals surface area contributed by atoms with Crippen molar-refractivity contribution >= 4 is 28.7 Å². The zero-order valence-electron chi connectivity index (χ0n) is 10.9. The van der Waals surface area contributed by atoms with Crippen LogP contribution in [-0.2, 0) is 4.74 Å². The Hall–Kier alpha value is -2.47. The van der Waals surface area contributed by atoms with Crippen molar-refractivity contribution in [1.29, 1.82) is 0 Å². The van der Waals surface area contributed by atoms with Crippen LogP contribution in [0.2, 0.25) is 5.02 Å². The Morgan fingerprint density at radius 1 is 1.33 bits per heavy atom. The van der Waals surface area contributed by atoms with Gasteiger partial charge >= 0.3 is 5.97 Å². The predicted molar refractivity (Wildman–Crippen MR) is 75.6 cm³/mol. The molecule has 7 heteroatoms. The molecular formula is C14H9ClFN3O2. The summed E-state index contributed by atoms with van der Waals surface area (Å²) in [6.45, 7) is 0. The van der Waals surface area contributed by atoms with Crippen LogP contribution in [0.15, 0.2) is 30.5 Å². The van der Waals surface area contributed by atoms with Gasteiger partial charge in [0.2, 0.25) is 0 Å². The van der Waals surface area contributed by atoms with Crippen LogP contribution in [0, 0.1) is 5.82 Å². The predicted octanol–water partition coefficient (Wildman–Crippen LogP) is 3.20. The summed E-state index contributed by atoms with van der Waals surface area (Å²) in [5, 5.41) is -0.0753. The molecule has 5 nitrogen and oxygen atoms in total. The molecule has 106 valence electrons. The lowest BCUT2D eigenvalue weighted by Crippen LogP contribution is -2.00. The Bertz CT molecular complexity index is 830. The maximum atomic E-state index is 13.3. The fourth-order valence-electron chi connectivity index (χ4n) is 1.92. The molecule has 1 N–H and O–H groups in total. The molecule has 0 atom stereocenters. The van der Waals surface area contributed by atoms with Crippen molar-refractivity contribution < 1.29 is 13.9 Å². The summed E-state index contributed by atoms with van der Waals surface area (Å²) in [6.07, 6.45) is 1.03. The van der Waals surface area contributed by atoms with Gasteiger partial charge in [0.25, 0.3) is 0 Å². The molecule has 0 spiro atoms. The van der Waals surface area contributed by atoms with Gasteiger partial charge in [0.05, 0.1) is 18.9 Å². The average molecular weight is 306 g/mol. The number of hydrogen-bond acceptors (Lipinski definition) is 4. The Kier molecular flexibility index (Phi) is 3.31. The topological polar surface area (TPSA) is 67.9 Å². The number of carbonyl (C=O) groups is 1. The van der Waals surface area contributed by atoms with E-state index in [-0.39, 0.29) is 10.5 Å². The van der Waals surface area contributed by atoms with Gasteiger partial charge in [-0.3, -0.25) is 0 Å². The third kappa shape index (κ3) is 2.34. The first-order chi connectivity index (χ1) is 10.1. The molecule has 0 aliphatic carbocycles. The van der Waals surface area contributed by atoms with Crippen molar-refractivity contribution in [3.8, 4) is 11.4 Å². The summed E-state index contributed by atoms with van der Waals surface area (Å²) in [6, 6.07) is 6.64. The van der Waals surface area contributed by atoms with E-state index >= 15 is 0 Å². The van der Waals surface area contributed by atoms with Crippen molar-refractivity contribution in [1.82, 2.24) is 15.0 Å². The van der Waals surface area contributed by atoms with E-state index in [1.54, 1.807) is 24.3 Å². The van der Waals surface area contributed by atoms with Crippen LogP contribution in [0.1, 0.15) is 10.4 Å². The van der Waals surface area contributed by atoms with Crippen molar-refractivity contribution in [3.63, 3.8) is 0 Å². The molecule has 0 radical (unpaired) electrons. The highest BCUT2D eigenvalue weighted by molar-refractivity contribution is 6.34. The number of nitrogens with zero attached hydrogens (tertiary/aromatic N) is 2. The molecule has 0 fully saturated rings. The zero-order valence-corrected chi connectivity index (χ0v) is 11.6. The minimum absolute atomic E-state index is 0.0753. The summed E-state index contributed by atoms with van der Waals surface area (Å²) >= 11 is 5.85. The number of methoxy groups -OCH3 is 1. The van der Waals surface area contributed by atoms with Crippen molar-refractivity contribution in [3.05, 3.63) is 46.9 Å². The van der Waals surface area contributed by atoms with Gasteiger partial charge in [0, 0.05) is 5.56 Å². The number of ether oxygens (including phenoxy) is 1. The average Bonchev–Trinajstić information content (AvgIpc) is 2.95. The van der Waals surface area contributed by atoms with Crippen LogP contribution >= 0.6 is 11.6 Å². The highest BCUT2D eigenvalue weighted by Crippen LogP contribution is 2.26. The summed E-state index contributed by atoms with van der Waals surface area (Å²) < 4.78 is 18.0. The van der Waals surface area contributed by atoms with E-state index in [4.69, 9.17) is 11.6 Å². The second kappa shape index (κ2) is 5.14. The third-order valence-corrected chi connectivity index (χ3v) is 3.35. The molecule has 0 aliphatic heterocycles. The monoisotopic (exact) mass is 305 g/mol. The fraction of sp³-hybridized carbons (Fsp3) is 0.0714. The SMILES string of the molecule is COC(=O)c1ccc(-c2nc3c(Cl)c(F)cnc3[nH]2)cc1. The summed E-state index contributed by atoms with van der Waals surface area (Å²) in [5.41, 5.74) is 1.81. The molecule has 0 aliphatic rings. The maximum absolute atomic E-state index is 13.3. The Morgan fingerprint density at radius 2 is 2.05 bits per heavy atom. The Labute approximate surface area is 123 Å². The normalized spacial score (nSPS) is 10.8. The number of aromatic amines is 1. The number of esters is 1. The van der Waals surface area contributed by atoms with Crippen molar-refractivity contribution in [2.24, 2.45) is 0 Å². The number of halogens is 2. The smallest absolute Gasteiger partial charge is 0.337 e. The minimum Gasteiger partial charge on any atom is -0.465 e. The second-order valence-corrected chi connectivity index (χ2v) is 4.65. The quantitative estimate of drug-likeness (QED) is 0.738. The number of imidazole rings is 1. The molecule has 0 amide bonds. The first-order valence-corrected chi connectivity index (χ1v) is 6.36. The molecular weight excluding hydrogens is 297 g/mol. The van der Waals surface area contributed by atoms with Crippen molar-refractivity contribution in [2.75, 3.05) is 7.11 Å². The van der Waals surface area contributed by atoms with E-state index in [0.717, 1.165) is 11.8 Å². The van der Waals surface area contributed by atoms with Gasteiger partial charge in [-0.15, -0.1) is 0 Å². The van der Waals surface area contributed by atoms with Crippen LogP contribution in [0.3, 0.4) is 0 Å². The molecule has 3 rings (SSSR count). The summed E-state index contributed by atoms with van der Waals surface area (Å²) in [7, 11) is 1.32. The number of fused-ring (bicyclic) bond motifs is 1. The molecule has 21 heavy (non-hydrogen) atoms. The Morgan fingerprint density at radius 3 is 2.71 bits per heavy atom. The van der Waals surface area contributed by atoms with Crippen molar-refractivity contribution in [2.45, 2.75) is 0 Å². The number of benzene rings is 1. The highest BCUT2D eigenvalue weighted by atomic mass is 35.5. The molecule has 2 aromatic heterocycles. The van der Waals surface area contributed by atoms with Gasteiger partial charge in [-0.1, -0.05) is 23.7 Å². The number of rotatable bonds is 2. The van der Waals surface area contributed by atoms with E-state index in [9.17, 15) is 9.18 Å². The lowest BCUT2D eigenvalue weighted by atomic mass is 10.1. The summed E-state index contributed by atoms with van der Waals surface area (Å²) in [4.78, 5) is 22.4. The second-order valence-electron chi connectivity index (χ2n) is 4.27. The van der Waals surface area contributed by atoms with E-state index in [0.29, 0.717) is 17.0 Å². The fourth-order valence-corrected chi connectivity index (χ4v) is 2.10. The van der Waals surface area contributed by atoms with E-state index in [1.165, 1.54) is 7.11 Å². The molecule has 0 saturated heterocycles. The number of hydrogen-bond donors (Lipinski definition) is 1. The van der Waals surface area contributed by atoms with E-state index in [2.05, 4.69) is 19.7 Å². The van der Waals surface area contributed by atoms with Crippen LogP contribution in [0.4, 0.5) is 4.39 Å². The van der Waals surface area contributed by atoms with Gasteiger partial charge < -0.3 is 9.72 Å². The Balaban J connectivity index is 2.04. The lowest BCUT2D eigenvalue weighted by Gasteiger charge is -2.00. The molecule has 0 unspecified atom stereocenters. The van der Waals surface area contributed by atoms with Gasteiger partial charge in [-0.05, 0) is 12.1 Å². The van der Waals surface area contributed by atoms with E-state index in [1.807, 2.05) is 0 Å². The maximum Gasteiger partial charge on any atom is 0.337 e. The third-order valence-electron chi connectivity index (χ3n) is 2.99. The molecule has 0 bridgehead atoms. The molecule has 2 heterocycles. The molecule has 0 saturated carbocycles. The minimum atomic E-state index is -0.622. The first-order valence-electron chi connectivity index (χ1n) is 5.98. The first kappa shape index (κ1) is 13.5. The zero-order chi connectivity index (χ0) is 15.0. The van der Waals surface area contributed by atoms with Crippen LogP contribution in [0.5, 0.6) is 0 Å². The van der Waals surface area contributed by atoms with Gasteiger partial charge in [-0.25, -0.2) is 19.2 Å². The number of nitrogens with one attached hydrogen (secondary N) is 1. The highest BCUT2D eigenvalue weighted by Gasteiger charge is 2.13. The lowest BCUT2D eigenvalue weighted by molar-refractivity contribution is 0.0601. The van der Waals surface area contributed by atoms with E-state index < -0.39 is 11.8 Å². The number of aromatic nitrogens is 3. The standard InChI is InChI=1S/C14H9ClFN3O2/c1-21-14(20)8-4-2-7(3-5-8)12-18-11-10(15)9(16)6-17-13(11)19-12/h2-6H,1H3,(H,17,18,19). The van der Waals surface area contributed by atoms with Crippen LogP contribution in [0.25, 0.3) is 22.6 Å². The molecule has 1 aromatic carbocycles. The molecule has 3 aromatic rings. The van der Waals surface area contributed by atoms with Gasteiger partial charge in [0.15, 0.2) is 11.5 Å².